The molecule has 0 bridgehead atoms. The smallest absolute Gasteiger partial charge is 0.164 e. The first-order valence-corrected chi connectivity index (χ1v) is 7.89. The van der Waals surface area contributed by atoms with Gasteiger partial charge in [0.15, 0.2) is 11.5 Å². The van der Waals surface area contributed by atoms with Crippen molar-refractivity contribution in [1.29, 1.82) is 0 Å². The minimum atomic E-state index is 0.190. The van der Waals surface area contributed by atoms with Crippen LogP contribution in [-0.2, 0) is 6.42 Å². The largest absolute Gasteiger partial charge is 0.493 e. The third-order valence-electron chi connectivity index (χ3n) is 4.25. The van der Waals surface area contributed by atoms with E-state index in [9.17, 15) is 0 Å². The van der Waals surface area contributed by atoms with Crippen LogP contribution in [0.1, 0.15) is 30.5 Å². The molecule has 1 aliphatic rings. The standard InChI is InChI=1S/C19H23NO2/c1-14(15-7-4-3-5-8-15)20-13-17-12-11-16-9-6-10-18(21-2)19(16)22-17/h3-10,14,17,20H,11-13H2,1-2H3. The summed E-state index contributed by atoms with van der Waals surface area (Å²) >= 11 is 0. The molecule has 1 heterocycles. The Bertz CT molecular complexity index is 598. The van der Waals surface area contributed by atoms with Gasteiger partial charge >= 0.3 is 0 Å². The van der Waals surface area contributed by atoms with E-state index < -0.39 is 0 Å². The molecule has 3 heteroatoms. The number of para-hydroxylation sites is 1. The molecular formula is C19H23NO2. The van der Waals surface area contributed by atoms with E-state index in [0.29, 0.717) is 6.04 Å². The topological polar surface area (TPSA) is 30.5 Å². The Morgan fingerprint density at radius 2 is 2.00 bits per heavy atom. The van der Waals surface area contributed by atoms with Crippen LogP contribution in [-0.4, -0.2) is 19.8 Å². The van der Waals surface area contributed by atoms with Gasteiger partial charge in [0, 0.05) is 12.6 Å². The second-order valence-corrected chi connectivity index (χ2v) is 5.77. The van der Waals surface area contributed by atoms with Crippen molar-refractivity contribution in [2.75, 3.05) is 13.7 Å². The van der Waals surface area contributed by atoms with Crippen LogP contribution in [0.3, 0.4) is 0 Å². The van der Waals surface area contributed by atoms with Crippen LogP contribution < -0.4 is 14.8 Å². The molecule has 1 N–H and O–H groups in total. The summed E-state index contributed by atoms with van der Waals surface area (Å²) < 4.78 is 11.6. The predicted octanol–water partition coefficient (Wildman–Crippen LogP) is 3.74. The van der Waals surface area contributed by atoms with Gasteiger partial charge in [-0.1, -0.05) is 42.5 Å². The summed E-state index contributed by atoms with van der Waals surface area (Å²) in [7, 11) is 1.69. The highest BCUT2D eigenvalue weighted by Gasteiger charge is 2.23. The lowest BCUT2D eigenvalue weighted by atomic mass is 10.0. The molecule has 2 atom stereocenters. The van der Waals surface area contributed by atoms with Gasteiger partial charge in [0.05, 0.1) is 7.11 Å². The highest BCUT2D eigenvalue weighted by atomic mass is 16.5. The monoisotopic (exact) mass is 297 g/mol. The zero-order valence-electron chi connectivity index (χ0n) is 13.2. The van der Waals surface area contributed by atoms with E-state index in [1.165, 1.54) is 11.1 Å². The normalized spacial score (nSPS) is 18.2. The van der Waals surface area contributed by atoms with Crippen LogP contribution in [0, 0.1) is 0 Å². The van der Waals surface area contributed by atoms with Crippen LogP contribution in [0.4, 0.5) is 0 Å². The van der Waals surface area contributed by atoms with Gasteiger partial charge in [-0.25, -0.2) is 0 Å². The highest BCUT2D eigenvalue weighted by molar-refractivity contribution is 5.47. The molecule has 0 amide bonds. The van der Waals surface area contributed by atoms with Gasteiger partial charge in [-0.05, 0) is 37.0 Å². The summed E-state index contributed by atoms with van der Waals surface area (Å²) in [4.78, 5) is 0. The molecule has 116 valence electrons. The van der Waals surface area contributed by atoms with Gasteiger partial charge in [0.2, 0.25) is 0 Å². The van der Waals surface area contributed by atoms with E-state index in [0.717, 1.165) is 30.9 Å². The number of fused-ring (bicyclic) bond motifs is 1. The summed E-state index contributed by atoms with van der Waals surface area (Å²) in [5.41, 5.74) is 2.54. The molecule has 0 radical (unpaired) electrons. The summed E-state index contributed by atoms with van der Waals surface area (Å²) in [6.07, 6.45) is 2.27. The minimum absolute atomic E-state index is 0.190. The highest BCUT2D eigenvalue weighted by Crippen LogP contribution is 2.36. The molecule has 0 saturated heterocycles. The molecule has 1 aliphatic heterocycles. The molecule has 2 aromatic carbocycles. The third-order valence-corrected chi connectivity index (χ3v) is 4.25. The predicted molar refractivity (Wildman–Crippen MR) is 88.6 cm³/mol. The third kappa shape index (κ3) is 3.25. The Hall–Kier alpha value is -2.00. The lowest BCUT2D eigenvalue weighted by Gasteiger charge is -2.28. The van der Waals surface area contributed by atoms with Crippen molar-refractivity contribution in [3.63, 3.8) is 0 Å². The fourth-order valence-electron chi connectivity index (χ4n) is 2.91. The minimum Gasteiger partial charge on any atom is -0.493 e. The Morgan fingerprint density at radius 1 is 1.18 bits per heavy atom. The Kier molecular flexibility index (Phi) is 4.64. The lowest BCUT2D eigenvalue weighted by molar-refractivity contribution is 0.160. The van der Waals surface area contributed by atoms with Crippen LogP contribution in [0.25, 0.3) is 0 Å². The molecule has 2 unspecified atom stereocenters. The fraction of sp³-hybridized carbons (Fsp3) is 0.368. The first-order valence-electron chi connectivity index (χ1n) is 7.89. The molecule has 0 spiro atoms. The van der Waals surface area contributed by atoms with Crippen LogP contribution >= 0.6 is 0 Å². The SMILES string of the molecule is COc1cccc2c1OC(CNC(C)c1ccccc1)CC2. The quantitative estimate of drug-likeness (QED) is 0.912. The van der Waals surface area contributed by atoms with Crippen LogP contribution in [0.5, 0.6) is 11.5 Å². The van der Waals surface area contributed by atoms with Crippen molar-refractivity contribution < 1.29 is 9.47 Å². The maximum absolute atomic E-state index is 6.15. The van der Waals surface area contributed by atoms with Crippen LogP contribution in [0.2, 0.25) is 0 Å². The van der Waals surface area contributed by atoms with E-state index in [-0.39, 0.29) is 6.10 Å². The van der Waals surface area contributed by atoms with E-state index in [4.69, 9.17) is 9.47 Å². The number of hydrogen-bond acceptors (Lipinski definition) is 3. The first-order chi connectivity index (χ1) is 10.8. The van der Waals surface area contributed by atoms with Gasteiger partial charge in [-0.15, -0.1) is 0 Å². The molecule has 0 aliphatic carbocycles. The molecule has 0 saturated carbocycles. The maximum atomic E-state index is 6.15. The van der Waals surface area contributed by atoms with E-state index in [2.05, 4.69) is 42.6 Å². The second-order valence-electron chi connectivity index (χ2n) is 5.77. The van der Waals surface area contributed by atoms with Gasteiger partial charge in [-0.2, -0.15) is 0 Å². The number of methoxy groups -OCH3 is 1. The lowest BCUT2D eigenvalue weighted by Crippen LogP contribution is -2.35. The zero-order valence-corrected chi connectivity index (χ0v) is 13.2. The molecule has 0 aromatic heterocycles. The van der Waals surface area contributed by atoms with E-state index in [1.54, 1.807) is 7.11 Å². The number of nitrogens with one attached hydrogen (secondary N) is 1. The van der Waals surface area contributed by atoms with Crippen molar-refractivity contribution in [2.24, 2.45) is 0 Å². The van der Waals surface area contributed by atoms with E-state index in [1.807, 2.05) is 18.2 Å². The Morgan fingerprint density at radius 3 is 2.77 bits per heavy atom. The van der Waals surface area contributed by atoms with Crippen molar-refractivity contribution in [2.45, 2.75) is 31.9 Å². The van der Waals surface area contributed by atoms with Gasteiger partial charge < -0.3 is 14.8 Å². The molecular weight excluding hydrogens is 274 g/mol. The summed E-state index contributed by atoms with van der Waals surface area (Å²) in [6, 6.07) is 16.9. The first kappa shape index (κ1) is 14.9. The maximum Gasteiger partial charge on any atom is 0.164 e. The summed E-state index contributed by atoms with van der Waals surface area (Å²) in [5, 5.41) is 3.57. The van der Waals surface area contributed by atoms with Crippen molar-refractivity contribution in [3.8, 4) is 11.5 Å². The van der Waals surface area contributed by atoms with Gasteiger partial charge in [-0.3, -0.25) is 0 Å². The van der Waals surface area contributed by atoms with Crippen molar-refractivity contribution in [3.05, 3.63) is 59.7 Å². The Balaban J connectivity index is 1.61. The molecule has 3 nitrogen and oxygen atoms in total. The van der Waals surface area contributed by atoms with E-state index >= 15 is 0 Å². The number of ether oxygens (including phenoxy) is 2. The zero-order chi connectivity index (χ0) is 15.4. The molecule has 0 fully saturated rings. The van der Waals surface area contributed by atoms with Crippen LogP contribution in [0.15, 0.2) is 48.5 Å². The number of hydrogen-bond donors (Lipinski definition) is 1. The molecule has 3 rings (SSSR count). The molecule has 22 heavy (non-hydrogen) atoms. The second kappa shape index (κ2) is 6.84. The number of benzene rings is 2. The number of aryl methyl sites for hydroxylation is 1. The average Bonchev–Trinajstić information content (AvgIpc) is 2.59. The fourth-order valence-corrected chi connectivity index (χ4v) is 2.91. The van der Waals surface area contributed by atoms with Gasteiger partial charge in [0.25, 0.3) is 0 Å². The van der Waals surface area contributed by atoms with Crippen molar-refractivity contribution >= 4 is 0 Å². The summed E-state index contributed by atoms with van der Waals surface area (Å²) in [5.74, 6) is 1.74. The summed E-state index contributed by atoms with van der Waals surface area (Å²) in [6.45, 7) is 3.03. The average molecular weight is 297 g/mol. The number of rotatable bonds is 5. The Labute approximate surface area is 132 Å². The molecule has 2 aromatic rings. The van der Waals surface area contributed by atoms with Crippen molar-refractivity contribution in [1.82, 2.24) is 5.32 Å². The van der Waals surface area contributed by atoms with Gasteiger partial charge in [0.1, 0.15) is 6.10 Å².